The Hall–Kier alpha value is -2.82. The molecule has 0 bridgehead atoms. The van der Waals surface area contributed by atoms with Gasteiger partial charge in [-0.15, -0.1) is 0 Å². The van der Waals surface area contributed by atoms with Gasteiger partial charge in [0.2, 0.25) is 11.8 Å². The van der Waals surface area contributed by atoms with Crippen molar-refractivity contribution in [3.63, 3.8) is 0 Å². The van der Waals surface area contributed by atoms with Crippen molar-refractivity contribution in [1.29, 1.82) is 0 Å². The van der Waals surface area contributed by atoms with E-state index in [4.69, 9.17) is 23.2 Å². The van der Waals surface area contributed by atoms with Crippen LogP contribution < -0.4 is 5.32 Å². The van der Waals surface area contributed by atoms with Gasteiger partial charge in [0, 0.05) is 29.1 Å². The Morgan fingerprint density at radius 2 is 1.63 bits per heavy atom. The molecule has 4 nitrogen and oxygen atoms in total. The van der Waals surface area contributed by atoms with Gasteiger partial charge in [0.15, 0.2) is 0 Å². The Labute approximate surface area is 236 Å². The van der Waals surface area contributed by atoms with Crippen molar-refractivity contribution in [2.75, 3.05) is 0 Å². The van der Waals surface area contributed by atoms with Crippen molar-refractivity contribution in [2.24, 2.45) is 0 Å². The summed E-state index contributed by atoms with van der Waals surface area (Å²) in [6.07, 6.45) is 6.01. The van der Waals surface area contributed by atoms with Crippen LogP contribution >= 0.6 is 23.2 Å². The predicted molar refractivity (Wildman–Crippen MR) is 156 cm³/mol. The Balaban J connectivity index is 1.68. The van der Waals surface area contributed by atoms with Gasteiger partial charge in [0.25, 0.3) is 0 Å². The van der Waals surface area contributed by atoms with Crippen LogP contribution in [0.15, 0.2) is 66.7 Å². The van der Waals surface area contributed by atoms with E-state index < -0.39 is 6.04 Å². The minimum atomic E-state index is -0.676. The van der Waals surface area contributed by atoms with E-state index >= 15 is 0 Å². The molecule has 0 radical (unpaired) electrons. The van der Waals surface area contributed by atoms with Gasteiger partial charge >= 0.3 is 0 Å². The van der Waals surface area contributed by atoms with Gasteiger partial charge in [0.05, 0.1) is 6.42 Å². The van der Waals surface area contributed by atoms with E-state index in [0.29, 0.717) is 16.5 Å². The highest BCUT2D eigenvalue weighted by Crippen LogP contribution is 2.25. The zero-order valence-corrected chi connectivity index (χ0v) is 23.7. The van der Waals surface area contributed by atoms with Crippen molar-refractivity contribution >= 4 is 35.0 Å². The molecule has 0 aromatic heterocycles. The maximum absolute atomic E-state index is 14.0. The van der Waals surface area contributed by atoms with Gasteiger partial charge in [-0.25, -0.2) is 0 Å². The third kappa shape index (κ3) is 7.61. The van der Waals surface area contributed by atoms with Crippen molar-refractivity contribution in [3.8, 4) is 0 Å². The molecule has 200 valence electrons. The zero-order chi connectivity index (χ0) is 27.1. The first-order valence-corrected chi connectivity index (χ1v) is 14.2. The number of halogens is 2. The summed E-state index contributed by atoms with van der Waals surface area (Å²) < 4.78 is 0. The largest absolute Gasteiger partial charge is 0.352 e. The molecule has 3 aromatic carbocycles. The molecule has 3 aromatic rings. The maximum Gasteiger partial charge on any atom is 0.243 e. The van der Waals surface area contributed by atoms with Gasteiger partial charge in [-0.05, 0) is 66.6 Å². The molecule has 1 aliphatic carbocycles. The van der Waals surface area contributed by atoms with Crippen LogP contribution in [0.3, 0.4) is 0 Å². The minimum Gasteiger partial charge on any atom is -0.352 e. The van der Waals surface area contributed by atoms with Crippen LogP contribution in [0.25, 0.3) is 0 Å². The third-order valence-electron chi connectivity index (χ3n) is 7.51. The summed E-state index contributed by atoms with van der Waals surface area (Å²) in [6, 6.07) is 20.7. The summed E-state index contributed by atoms with van der Waals surface area (Å²) in [5.41, 5.74) is 5.00. The first kappa shape index (κ1) is 28.2. The van der Waals surface area contributed by atoms with Crippen molar-refractivity contribution < 1.29 is 9.59 Å². The van der Waals surface area contributed by atoms with E-state index in [9.17, 15) is 9.59 Å². The number of aryl methyl sites for hydroxylation is 2. The van der Waals surface area contributed by atoms with Gasteiger partial charge in [0.1, 0.15) is 6.04 Å². The molecular weight excluding hydrogens is 515 g/mol. The molecule has 1 atom stereocenters. The smallest absolute Gasteiger partial charge is 0.243 e. The highest BCUT2D eigenvalue weighted by atomic mass is 35.5. The maximum atomic E-state index is 14.0. The fourth-order valence-electron chi connectivity index (χ4n) is 5.12. The van der Waals surface area contributed by atoms with Gasteiger partial charge in [-0.1, -0.05) is 97.1 Å². The number of nitrogens with zero attached hydrogens (tertiary/aromatic N) is 1. The fourth-order valence-corrected chi connectivity index (χ4v) is 5.59. The summed E-state index contributed by atoms with van der Waals surface area (Å²) in [7, 11) is 0. The second kappa shape index (κ2) is 13.3. The highest BCUT2D eigenvalue weighted by molar-refractivity contribution is 6.35. The molecule has 1 unspecified atom stereocenters. The summed E-state index contributed by atoms with van der Waals surface area (Å²) in [5.74, 6) is -0.224. The number of benzene rings is 3. The van der Waals surface area contributed by atoms with Gasteiger partial charge in [-0.3, -0.25) is 9.59 Å². The number of amides is 2. The second-order valence-electron chi connectivity index (χ2n) is 10.4. The van der Waals surface area contributed by atoms with E-state index in [-0.39, 0.29) is 30.8 Å². The van der Waals surface area contributed by atoms with E-state index in [2.05, 4.69) is 18.3 Å². The van der Waals surface area contributed by atoms with Crippen LogP contribution in [-0.4, -0.2) is 28.8 Å². The number of nitrogens with one attached hydrogen (secondary N) is 1. The lowest BCUT2D eigenvalue weighted by Crippen LogP contribution is -2.53. The molecule has 1 fully saturated rings. The average Bonchev–Trinajstić information content (AvgIpc) is 2.90. The molecule has 1 aliphatic rings. The summed E-state index contributed by atoms with van der Waals surface area (Å²) in [4.78, 5) is 29.6. The van der Waals surface area contributed by atoms with Crippen LogP contribution in [0, 0.1) is 13.8 Å². The van der Waals surface area contributed by atoms with Crippen LogP contribution in [0.1, 0.15) is 59.9 Å². The van der Waals surface area contributed by atoms with Gasteiger partial charge < -0.3 is 10.2 Å². The van der Waals surface area contributed by atoms with E-state index in [0.717, 1.165) is 47.9 Å². The number of hydrogen-bond acceptors (Lipinski definition) is 2. The monoisotopic (exact) mass is 550 g/mol. The topological polar surface area (TPSA) is 49.4 Å². The lowest BCUT2D eigenvalue weighted by Gasteiger charge is -2.34. The molecule has 6 heteroatoms. The molecule has 0 aliphatic heterocycles. The molecule has 0 heterocycles. The van der Waals surface area contributed by atoms with E-state index in [1.807, 2.05) is 55.5 Å². The van der Waals surface area contributed by atoms with E-state index in [1.54, 1.807) is 17.0 Å². The molecule has 1 saturated carbocycles. The Morgan fingerprint density at radius 3 is 2.32 bits per heavy atom. The SMILES string of the molecule is Cc1ccc(CC(=O)N(Cc2ccc(Cl)cc2Cl)C(Cc2ccccc2)C(=O)NC2CCCCC2)cc1C. The average molecular weight is 552 g/mol. The zero-order valence-electron chi connectivity index (χ0n) is 22.2. The first-order chi connectivity index (χ1) is 18.3. The first-order valence-electron chi connectivity index (χ1n) is 13.4. The normalized spacial score (nSPS) is 14.6. The van der Waals surface area contributed by atoms with Crippen LogP contribution in [0.4, 0.5) is 0 Å². The lowest BCUT2D eigenvalue weighted by atomic mass is 9.94. The van der Waals surface area contributed by atoms with Crippen LogP contribution in [0.5, 0.6) is 0 Å². The summed E-state index contributed by atoms with van der Waals surface area (Å²) >= 11 is 12.7. The van der Waals surface area contributed by atoms with Gasteiger partial charge in [-0.2, -0.15) is 0 Å². The minimum absolute atomic E-state index is 0.112. The van der Waals surface area contributed by atoms with Crippen LogP contribution in [0.2, 0.25) is 10.0 Å². The molecule has 0 spiro atoms. The Morgan fingerprint density at radius 1 is 0.895 bits per heavy atom. The Bertz CT molecular complexity index is 1260. The summed E-state index contributed by atoms with van der Waals surface area (Å²) in [5, 5.41) is 4.29. The number of hydrogen-bond donors (Lipinski definition) is 1. The van der Waals surface area contributed by atoms with E-state index in [1.165, 1.54) is 12.0 Å². The van der Waals surface area contributed by atoms with Crippen molar-refractivity contribution in [3.05, 3.63) is 105 Å². The molecule has 1 N–H and O–H groups in total. The van der Waals surface area contributed by atoms with Crippen molar-refractivity contribution in [2.45, 2.75) is 77.4 Å². The standard InChI is InChI=1S/C32H36Cl2N2O2/c1-22-13-14-25(17-23(22)2)19-31(37)36(21-26-15-16-27(33)20-29(26)34)30(18-24-9-5-3-6-10-24)32(38)35-28-11-7-4-8-12-28/h3,5-6,9-10,13-17,20,28,30H,4,7-8,11-12,18-19,21H2,1-2H3,(H,35,38). The van der Waals surface area contributed by atoms with Crippen LogP contribution in [-0.2, 0) is 29.0 Å². The highest BCUT2D eigenvalue weighted by Gasteiger charge is 2.32. The van der Waals surface area contributed by atoms with Crippen molar-refractivity contribution in [1.82, 2.24) is 10.2 Å². The quantitative estimate of drug-likeness (QED) is 0.305. The molecule has 0 saturated heterocycles. The fraction of sp³-hybridized carbons (Fsp3) is 0.375. The third-order valence-corrected chi connectivity index (χ3v) is 8.09. The summed E-state index contributed by atoms with van der Waals surface area (Å²) in [6.45, 7) is 4.32. The molecule has 2 amide bonds. The Kier molecular flexibility index (Phi) is 9.87. The second-order valence-corrected chi connectivity index (χ2v) is 11.2. The number of carbonyl (C=O) groups excluding carboxylic acids is 2. The molecular formula is C32H36Cl2N2O2. The lowest BCUT2D eigenvalue weighted by molar-refractivity contribution is -0.141. The molecule has 38 heavy (non-hydrogen) atoms. The predicted octanol–water partition coefficient (Wildman–Crippen LogP) is 7.24. The number of rotatable bonds is 9. The molecule has 4 rings (SSSR count). The number of carbonyl (C=O) groups is 2.